The van der Waals surface area contributed by atoms with Crippen molar-refractivity contribution in [1.82, 2.24) is 9.99 Å². The smallest absolute Gasteiger partial charge is 0.229 e. The highest BCUT2D eigenvalue weighted by Gasteiger charge is 2.34. The average molecular weight is 268 g/mol. The Morgan fingerprint density at radius 2 is 2.40 bits per heavy atom. The van der Waals surface area contributed by atoms with E-state index >= 15 is 0 Å². The summed E-state index contributed by atoms with van der Waals surface area (Å²) >= 11 is 0. The van der Waals surface area contributed by atoms with Crippen LogP contribution in [-0.2, 0) is 4.79 Å². The molecule has 0 saturated carbocycles. The third kappa shape index (κ3) is 3.58. The van der Waals surface area contributed by atoms with E-state index < -0.39 is 7.45 Å². The number of aliphatic hydroxyl groups is 1. The van der Waals surface area contributed by atoms with Gasteiger partial charge in [-0.15, -0.1) is 0 Å². The number of carbonyl (C=O) groups is 1. The molecule has 4 nitrogen and oxygen atoms in total. The zero-order chi connectivity index (χ0) is 11.4. The van der Waals surface area contributed by atoms with Gasteiger partial charge in [-0.05, 0) is 19.9 Å². The lowest BCUT2D eigenvalue weighted by molar-refractivity contribution is -0.127. The monoisotopic (exact) mass is 268 g/mol. The molecule has 88 valence electrons. The van der Waals surface area contributed by atoms with Gasteiger partial charge in [0.15, 0.2) is 0 Å². The number of hydrogen-bond donors (Lipinski definition) is 2. The van der Waals surface area contributed by atoms with E-state index in [1.807, 2.05) is 11.7 Å². The van der Waals surface area contributed by atoms with Gasteiger partial charge >= 0.3 is 0 Å². The Bertz CT molecular complexity index is 224. The largest absolute Gasteiger partial charge is 0.395 e. The molecule has 0 radical (unpaired) electrons. The molecule has 1 heterocycles. The lowest BCUT2D eigenvalue weighted by Gasteiger charge is -2.21. The highest BCUT2D eigenvalue weighted by atomic mass is 32.4. The van der Waals surface area contributed by atoms with Gasteiger partial charge in [0.2, 0.25) is 5.91 Å². The molecule has 1 rings (SSSR count). The number of nitrogens with one attached hydrogen (secondary N) is 1. The summed E-state index contributed by atoms with van der Waals surface area (Å²) in [5.74, 6) is 0.320. The minimum atomic E-state index is -0.467. The van der Waals surface area contributed by atoms with Crippen molar-refractivity contribution < 1.29 is 9.90 Å². The van der Waals surface area contributed by atoms with Gasteiger partial charge in [-0.25, -0.2) is 0 Å². The normalized spacial score (nSPS) is 23.9. The van der Waals surface area contributed by atoms with Gasteiger partial charge < -0.3 is 15.1 Å². The second-order valence-corrected chi connectivity index (χ2v) is 9.94. The first-order chi connectivity index (χ1) is 7.10. The summed E-state index contributed by atoms with van der Waals surface area (Å²) in [6.07, 6.45) is 1.65. The molecule has 0 aromatic rings. The number of hydrogen-bond acceptors (Lipinski definition) is 3. The maximum Gasteiger partial charge on any atom is 0.229 e. The molecule has 0 spiro atoms. The molecule has 4 atom stereocenters. The van der Waals surface area contributed by atoms with Gasteiger partial charge in [0, 0.05) is 26.0 Å². The lowest BCUT2D eigenvalue weighted by Crippen LogP contribution is -2.33. The van der Waals surface area contributed by atoms with Crippen LogP contribution in [0.5, 0.6) is 0 Å². The molecule has 0 aromatic carbocycles. The van der Waals surface area contributed by atoms with Gasteiger partial charge in [-0.3, -0.25) is 4.79 Å². The predicted molar refractivity (Wildman–Crippen MR) is 70.7 cm³/mol. The summed E-state index contributed by atoms with van der Waals surface area (Å²) in [7, 11) is 6.71. The number of carbonyl (C=O) groups excluding carboxylic acids is 1. The highest BCUT2D eigenvalue weighted by Crippen LogP contribution is 2.58. The van der Waals surface area contributed by atoms with Crippen LogP contribution in [0.2, 0.25) is 0 Å². The van der Waals surface area contributed by atoms with Gasteiger partial charge in [-0.1, -0.05) is 17.9 Å². The summed E-state index contributed by atoms with van der Waals surface area (Å²) in [5, 5.41) is 12.1. The van der Waals surface area contributed by atoms with E-state index in [-0.39, 0.29) is 24.5 Å². The fraction of sp³-hybridized carbons (Fsp3) is 0.875. The van der Waals surface area contributed by atoms with E-state index in [9.17, 15) is 4.79 Å². The van der Waals surface area contributed by atoms with Crippen molar-refractivity contribution in [2.75, 3.05) is 20.2 Å². The highest BCUT2D eigenvalue weighted by molar-refractivity contribution is 8.42. The number of amides is 1. The Labute approximate surface area is 96.6 Å². The molecule has 7 heteroatoms. The van der Waals surface area contributed by atoms with Gasteiger partial charge in [0.05, 0.1) is 6.61 Å². The SMILES string of the molecule is CNC(CO)CC1CCN(P(P)P)C1=O. The number of aliphatic hydroxyl groups excluding tert-OH is 1. The Morgan fingerprint density at radius 1 is 1.73 bits per heavy atom. The van der Waals surface area contributed by atoms with E-state index in [2.05, 4.69) is 23.2 Å². The first kappa shape index (κ1) is 13.7. The summed E-state index contributed by atoms with van der Waals surface area (Å²) in [5.41, 5.74) is 0. The molecule has 15 heavy (non-hydrogen) atoms. The van der Waals surface area contributed by atoms with Crippen LogP contribution in [0, 0.1) is 5.92 Å². The molecule has 1 aliphatic heterocycles. The molecule has 0 aliphatic carbocycles. The van der Waals surface area contributed by atoms with Crippen molar-refractivity contribution in [2.45, 2.75) is 18.9 Å². The predicted octanol–water partition coefficient (Wildman–Crippen LogP) is 0.782. The number of likely N-dealkylation sites (N-methyl/N-ethyl adjacent to an activating group) is 1. The molecule has 1 fully saturated rings. The van der Waals surface area contributed by atoms with Crippen LogP contribution in [0.4, 0.5) is 0 Å². The molecule has 1 aliphatic rings. The van der Waals surface area contributed by atoms with E-state index in [0.29, 0.717) is 0 Å². The van der Waals surface area contributed by atoms with Crippen LogP contribution in [0.15, 0.2) is 0 Å². The minimum absolute atomic E-state index is 0.0409. The molecular weight excluding hydrogens is 249 g/mol. The molecule has 1 amide bonds. The first-order valence-corrected chi connectivity index (χ1v) is 9.52. The summed E-state index contributed by atoms with van der Waals surface area (Å²) in [4.78, 5) is 11.9. The fourth-order valence-corrected chi connectivity index (χ4v) is 3.91. The third-order valence-electron chi connectivity index (χ3n) is 2.77. The van der Waals surface area contributed by atoms with Crippen LogP contribution >= 0.6 is 25.3 Å². The molecule has 4 unspecified atom stereocenters. The van der Waals surface area contributed by atoms with Gasteiger partial charge in [0.25, 0.3) is 0 Å². The average Bonchev–Trinajstić information content (AvgIpc) is 2.56. The Hall–Kier alpha value is 0.680. The minimum Gasteiger partial charge on any atom is -0.395 e. The Morgan fingerprint density at radius 3 is 2.80 bits per heavy atom. The van der Waals surface area contributed by atoms with Crippen molar-refractivity contribution in [2.24, 2.45) is 5.92 Å². The van der Waals surface area contributed by atoms with E-state index in [1.54, 1.807) is 0 Å². The maximum atomic E-state index is 11.9. The zero-order valence-corrected chi connectivity index (χ0v) is 12.1. The van der Waals surface area contributed by atoms with Crippen molar-refractivity contribution in [1.29, 1.82) is 0 Å². The van der Waals surface area contributed by atoms with Crippen LogP contribution in [0.1, 0.15) is 12.8 Å². The van der Waals surface area contributed by atoms with Gasteiger partial charge in [0.1, 0.15) is 0 Å². The second-order valence-electron chi connectivity index (χ2n) is 3.73. The number of rotatable bonds is 5. The van der Waals surface area contributed by atoms with E-state index in [1.165, 1.54) is 0 Å². The third-order valence-corrected chi connectivity index (χ3v) is 5.40. The molecular formula is C8H19N2O2P3. The van der Waals surface area contributed by atoms with Crippen molar-refractivity contribution in [3.8, 4) is 0 Å². The maximum absolute atomic E-state index is 11.9. The molecule has 2 N–H and O–H groups in total. The zero-order valence-electron chi connectivity index (χ0n) is 8.89. The van der Waals surface area contributed by atoms with Crippen LogP contribution in [0.25, 0.3) is 0 Å². The quantitative estimate of drug-likeness (QED) is 0.725. The Kier molecular flexibility index (Phi) is 5.89. The van der Waals surface area contributed by atoms with Crippen LogP contribution < -0.4 is 5.32 Å². The summed E-state index contributed by atoms with van der Waals surface area (Å²) < 4.78 is 1.92. The topological polar surface area (TPSA) is 52.6 Å². The fourth-order valence-electron chi connectivity index (χ4n) is 1.80. The van der Waals surface area contributed by atoms with E-state index in [0.717, 1.165) is 19.4 Å². The van der Waals surface area contributed by atoms with Gasteiger partial charge in [-0.2, -0.15) is 0 Å². The summed E-state index contributed by atoms with van der Waals surface area (Å²) in [6.45, 7) is 0.945. The van der Waals surface area contributed by atoms with Crippen LogP contribution in [-0.4, -0.2) is 41.9 Å². The first-order valence-electron chi connectivity index (χ1n) is 4.99. The Balaban J connectivity index is 2.49. The molecule has 0 bridgehead atoms. The van der Waals surface area contributed by atoms with E-state index in [4.69, 9.17) is 5.11 Å². The molecule has 0 aromatic heterocycles. The summed E-state index contributed by atoms with van der Waals surface area (Å²) in [6, 6.07) is 0.0409. The number of nitrogens with zero attached hydrogens (tertiary/aromatic N) is 1. The van der Waals surface area contributed by atoms with Crippen molar-refractivity contribution in [3.05, 3.63) is 0 Å². The van der Waals surface area contributed by atoms with Crippen molar-refractivity contribution in [3.63, 3.8) is 0 Å². The lowest BCUT2D eigenvalue weighted by atomic mass is 9.99. The second kappa shape index (κ2) is 6.42. The van der Waals surface area contributed by atoms with Crippen LogP contribution in [0.3, 0.4) is 0 Å². The molecule has 1 saturated heterocycles. The standard InChI is InChI=1S/C8H19N2O2P3/c1-9-7(5-11)4-6-2-3-10(8(6)12)15(13)14/h6-7,9,11H,2-5,13-14H2,1H3. The van der Waals surface area contributed by atoms with Crippen molar-refractivity contribution >= 4 is 31.2 Å².